The topological polar surface area (TPSA) is 30.5 Å². The highest BCUT2D eigenvalue weighted by Crippen LogP contribution is 2.25. The molecular weight excluding hydrogens is 269 g/mol. The SMILES string of the molecule is CCOc1ccccc1OCCNCc1cccc(F)c1. The van der Waals surface area contributed by atoms with Crippen LogP contribution < -0.4 is 14.8 Å². The Bertz CT molecular complexity index is 560. The standard InChI is InChI=1S/C17H20FNO2/c1-2-20-16-8-3-4-9-17(16)21-11-10-19-13-14-6-5-7-15(18)12-14/h3-9,12,19H,2,10-11,13H2,1H3. The molecule has 2 aromatic carbocycles. The summed E-state index contributed by atoms with van der Waals surface area (Å²) in [5.41, 5.74) is 0.921. The molecule has 0 amide bonds. The Hall–Kier alpha value is -2.07. The van der Waals surface area contributed by atoms with E-state index in [2.05, 4.69) is 5.32 Å². The molecule has 0 spiro atoms. The molecule has 2 aromatic rings. The second-order valence-corrected chi connectivity index (χ2v) is 4.53. The van der Waals surface area contributed by atoms with Crippen molar-refractivity contribution in [2.75, 3.05) is 19.8 Å². The number of rotatable bonds is 8. The number of ether oxygens (including phenoxy) is 2. The van der Waals surface area contributed by atoms with E-state index in [9.17, 15) is 4.39 Å². The van der Waals surface area contributed by atoms with Gasteiger partial charge in [0.05, 0.1) is 6.61 Å². The Morgan fingerprint density at radius 2 is 1.76 bits per heavy atom. The van der Waals surface area contributed by atoms with Crippen LogP contribution in [-0.4, -0.2) is 19.8 Å². The van der Waals surface area contributed by atoms with Crippen LogP contribution in [0.25, 0.3) is 0 Å². The van der Waals surface area contributed by atoms with Crippen LogP contribution in [0.5, 0.6) is 11.5 Å². The number of hydrogen-bond donors (Lipinski definition) is 1. The second kappa shape index (κ2) is 8.27. The predicted molar refractivity (Wildman–Crippen MR) is 81.2 cm³/mol. The summed E-state index contributed by atoms with van der Waals surface area (Å²) in [7, 11) is 0. The average Bonchev–Trinajstić information content (AvgIpc) is 2.49. The molecule has 0 aromatic heterocycles. The zero-order valence-corrected chi connectivity index (χ0v) is 12.1. The predicted octanol–water partition coefficient (Wildman–Crippen LogP) is 3.39. The van der Waals surface area contributed by atoms with E-state index in [0.717, 1.165) is 17.1 Å². The van der Waals surface area contributed by atoms with Crippen molar-refractivity contribution in [1.29, 1.82) is 0 Å². The van der Waals surface area contributed by atoms with E-state index < -0.39 is 0 Å². The molecule has 0 aliphatic rings. The van der Waals surface area contributed by atoms with Gasteiger partial charge in [0.15, 0.2) is 11.5 Å². The van der Waals surface area contributed by atoms with Crippen molar-refractivity contribution >= 4 is 0 Å². The first-order valence-electron chi connectivity index (χ1n) is 7.09. The fraction of sp³-hybridized carbons (Fsp3) is 0.294. The van der Waals surface area contributed by atoms with Gasteiger partial charge in [0.25, 0.3) is 0 Å². The molecule has 112 valence electrons. The summed E-state index contributed by atoms with van der Waals surface area (Å²) in [6.07, 6.45) is 0. The molecule has 0 saturated heterocycles. The lowest BCUT2D eigenvalue weighted by atomic mass is 10.2. The molecule has 0 unspecified atom stereocenters. The maximum absolute atomic E-state index is 13.0. The lowest BCUT2D eigenvalue weighted by Gasteiger charge is -2.12. The van der Waals surface area contributed by atoms with Crippen LogP contribution in [-0.2, 0) is 6.54 Å². The molecule has 0 heterocycles. The summed E-state index contributed by atoms with van der Waals surface area (Å²) in [5.74, 6) is 1.29. The van der Waals surface area contributed by atoms with Gasteiger partial charge in [0.1, 0.15) is 12.4 Å². The first-order chi connectivity index (χ1) is 10.3. The van der Waals surface area contributed by atoms with E-state index in [-0.39, 0.29) is 5.82 Å². The van der Waals surface area contributed by atoms with Crippen LogP contribution in [0, 0.1) is 5.82 Å². The fourth-order valence-electron chi connectivity index (χ4n) is 1.96. The molecule has 0 bridgehead atoms. The highest BCUT2D eigenvalue weighted by atomic mass is 19.1. The van der Waals surface area contributed by atoms with Gasteiger partial charge < -0.3 is 14.8 Å². The quantitative estimate of drug-likeness (QED) is 0.756. The van der Waals surface area contributed by atoms with Crippen LogP contribution in [0.3, 0.4) is 0 Å². The summed E-state index contributed by atoms with van der Waals surface area (Å²) in [5, 5.41) is 3.22. The largest absolute Gasteiger partial charge is 0.490 e. The molecule has 1 N–H and O–H groups in total. The molecule has 0 atom stereocenters. The third kappa shape index (κ3) is 5.08. The van der Waals surface area contributed by atoms with E-state index >= 15 is 0 Å². The number of nitrogens with one attached hydrogen (secondary N) is 1. The maximum Gasteiger partial charge on any atom is 0.161 e. The third-order valence-corrected chi connectivity index (χ3v) is 2.90. The minimum Gasteiger partial charge on any atom is -0.490 e. The Labute approximate surface area is 124 Å². The summed E-state index contributed by atoms with van der Waals surface area (Å²) < 4.78 is 24.2. The van der Waals surface area contributed by atoms with Gasteiger partial charge in [0.2, 0.25) is 0 Å². The van der Waals surface area contributed by atoms with E-state index in [1.165, 1.54) is 12.1 Å². The second-order valence-electron chi connectivity index (χ2n) is 4.53. The van der Waals surface area contributed by atoms with Crippen LogP contribution >= 0.6 is 0 Å². The molecule has 4 heteroatoms. The van der Waals surface area contributed by atoms with Gasteiger partial charge in [-0.25, -0.2) is 4.39 Å². The highest BCUT2D eigenvalue weighted by molar-refractivity contribution is 5.39. The highest BCUT2D eigenvalue weighted by Gasteiger charge is 2.02. The summed E-state index contributed by atoms with van der Waals surface area (Å²) >= 11 is 0. The lowest BCUT2D eigenvalue weighted by molar-refractivity contribution is 0.275. The molecule has 0 aliphatic heterocycles. The monoisotopic (exact) mass is 289 g/mol. The zero-order chi connectivity index (χ0) is 14.9. The summed E-state index contributed by atoms with van der Waals surface area (Å²) in [6.45, 7) is 4.38. The Kier molecular flexibility index (Phi) is 6.03. The van der Waals surface area contributed by atoms with Gasteiger partial charge in [0, 0.05) is 13.1 Å². The van der Waals surface area contributed by atoms with E-state index in [1.807, 2.05) is 37.3 Å². The van der Waals surface area contributed by atoms with Gasteiger partial charge in [-0.05, 0) is 36.8 Å². The Morgan fingerprint density at radius 1 is 1.00 bits per heavy atom. The first-order valence-corrected chi connectivity index (χ1v) is 7.09. The van der Waals surface area contributed by atoms with Crippen LogP contribution in [0.1, 0.15) is 12.5 Å². The number of para-hydroxylation sites is 2. The van der Waals surface area contributed by atoms with Crippen molar-refractivity contribution in [1.82, 2.24) is 5.32 Å². The van der Waals surface area contributed by atoms with Crippen LogP contribution in [0.4, 0.5) is 4.39 Å². The fourth-order valence-corrected chi connectivity index (χ4v) is 1.96. The minimum atomic E-state index is -0.212. The lowest BCUT2D eigenvalue weighted by Crippen LogP contribution is -2.20. The number of benzene rings is 2. The zero-order valence-electron chi connectivity index (χ0n) is 12.1. The van der Waals surface area contributed by atoms with Gasteiger partial charge in [-0.15, -0.1) is 0 Å². The van der Waals surface area contributed by atoms with Crippen molar-refractivity contribution in [3.63, 3.8) is 0 Å². The Balaban J connectivity index is 1.72. The van der Waals surface area contributed by atoms with Gasteiger partial charge in [-0.1, -0.05) is 24.3 Å². The van der Waals surface area contributed by atoms with Gasteiger partial charge >= 0.3 is 0 Å². The van der Waals surface area contributed by atoms with Crippen molar-refractivity contribution in [2.45, 2.75) is 13.5 Å². The molecule has 21 heavy (non-hydrogen) atoms. The van der Waals surface area contributed by atoms with Crippen molar-refractivity contribution in [3.8, 4) is 11.5 Å². The van der Waals surface area contributed by atoms with Crippen molar-refractivity contribution in [3.05, 3.63) is 59.9 Å². The minimum absolute atomic E-state index is 0.212. The van der Waals surface area contributed by atoms with E-state index in [4.69, 9.17) is 9.47 Å². The van der Waals surface area contributed by atoms with E-state index in [0.29, 0.717) is 26.3 Å². The molecular formula is C17H20FNO2. The Morgan fingerprint density at radius 3 is 2.48 bits per heavy atom. The van der Waals surface area contributed by atoms with Gasteiger partial charge in [-0.2, -0.15) is 0 Å². The molecule has 0 aliphatic carbocycles. The third-order valence-electron chi connectivity index (χ3n) is 2.90. The van der Waals surface area contributed by atoms with Gasteiger partial charge in [-0.3, -0.25) is 0 Å². The molecule has 2 rings (SSSR count). The summed E-state index contributed by atoms with van der Waals surface area (Å²) in [6, 6.07) is 14.2. The molecule has 3 nitrogen and oxygen atoms in total. The average molecular weight is 289 g/mol. The normalized spacial score (nSPS) is 10.4. The maximum atomic E-state index is 13.0. The summed E-state index contributed by atoms with van der Waals surface area (Å²) in [4.78, 5) is 0. The molecule has 0 fully saturated rings. The molecule has 0 radical (unpaired) electrons. The van der Waals surface area contributed by atoms with Crippen molar-refractivity contribution < 1.29 is 13.9 Å². The smallest absolute Gasteiger partial charge is 0.161 e. The van der Waals surface area contributed by atoms with Crippen LogP contribution in [0.15, 0.2) is 48.5 Å². The number of hydrogen-bond acceptors (Lipinski definition) is 3. The number of halogens is 1. The first kappa shape index (κ1) is 15.3. The van der Waals surface area contributed by atoms with E-state index in [1.54, 1.807) is 6.07 Å². The van der Waals surface area contributed by atoms with Crippen LogP contribution in [0.2, 0.25) is 0 Å². The molecule has 0 saturated carbocycles. The van der Waals surface area contributed by atoms with Crippen molar-refractivity contribution in [2.24, 2.45) is 0 Å².